The number of thiophene rings is 1. The molecule has 1 saturated heterocycles. The third-order valence-corrected chi connectivity index (χ3v) is 6.58. The molecule has 1 unspecified atom stereocenters. The normalized spacial score (nSPS) is 20.9. The Balaban J connectivity index is 2.04. The number of rotatable bonds is 6. The molecule has 7 heteroatoms. The van der Waals surface area contributed by atoms with E-state index in [1.807, 2.05) is 7.05 Å². The van der Waals surface area contributed by atoms with Crippen molar-refractivity contribution in [2.45, 2.75) is 17.9 Å². The van der Waals surface area contributed by atoms with Crippen LogP contribution in [-0.4, -0.2) is 58.4 Å². The van der Waals surface area contributed by atoms with Crippen LogP contribution in [0.1, 0.15) is 11.3 Å². The predicted molar refractivity (Wildman–Crippen MR) is 82.5 cm³/mol. The number of sulfonamides is 1. The summed E-state index contributed by atoms with van der Waals surface area (Å²) in [5, 5.41) is 4.77. The number of likely N-dealkylation sites (tertiary alicyclic amines) is 1. The van der Waals surface area contributed by atoms with Crippen LogP contribution in [0.3, 0.4) is 0 Å². The van der Waals surface area contributed by atoms with Gasteiger partial charge in [-0.15, -0.1) is 11.3 Å². The first kappa shape index (κ1) is 15.9. The third kappa shape index (κ3) is 3.59. The number of nitrogens with zero attached hydrogens (tertiary/aromatic N) is 2. The van der Waals surface area contributed by atoms with Crippen LogP contribution in [0.4, 0.5) is 0 Å². The van der Waals surface area contributed by atoms with Gasteiger partial charge in [-0.25, -0.2) is 12.7 Å². The summed E-state index contributed by atoms with van der Waals surface area (Å²) in [6.45, 7) is 3.35. The number of nitrogens with one attached hydrogen (secondary N) is 1. The molecule has 0 aliphatic carbocycles. The Hall–Kier alpha value is -0.470. The largest absolute Gasteiger partial charge is 0.315 e. The lowest BCUT2D eigenvalue weighted by atomic mass is 10.1. The summed E-state index contributed by atoms with van der Waals surface area (Å²) >= 11 is 1.48. The maximum atomic E-state index is 12.5. The van der Waals surface area contributed by atoms with E-state index in [9.17, 15) is 8.42 Å². The molecule has 0 amide bonds. The molecule has 0 radical (unpaired) electrons. The summed E-state index contributed by atoms with van der Waals surface area (Å²) in [5.74, 6) is 0.440. The smallest absolute Gasteiger partial charge is 0.243 e. The summed E-state index contributed by atoms with van der Waals surface area (Å²) < 4.78 is 26.5. The zero-order valence-electron chi connectivity index (χ0n) is 12.3. The molecule has 0 saturated carbocycles. The minimum atomic E-state index is -3.34. The van der Waals surface area contributed by atoms with E-state index in [4.69, 9.17) is 0 Å². The molecule has 2 heterocycles. The van der Waals surface area contributed by atoms with Crippen molar-refractivity contribution in [3.63, 3.8) is 0 Å². The molecule has 1 atom stereocenters. The van der Waals surface area contributed by atoms with Crippen molar-refractivity contribution in [1.82, 2.24) is 14.5 Å². The Kier molecular flexibility index (Phi) is 5.19. The van der Waals surface area contributed by atoms with Gasteiger partial charge >= 0.3 is 0 Å². The Bertz CT molecular complexity index is 542. The minimum Gasteiger partial charge on any atom is -0.315 e. The van der Waals surface area contributed by atoms with Crippen LogP contribution in [-0.2, 0) is 16.6 Å². The van der Waals surface area contributed by atoms with E-state index in [-0.39, 0.29) is 0 Å². The van der Waals surface area contributed by atoms with Crippen LogP contribution in [0.2, 0.25) is 0 Å². The van der Waals surface area contributed by atoms with Gasteiger partial charge in [0.2, 0.25) is 10.0 Å². The highest BCUT2D eigenvalue weighted by atomic mass is 32.2. The zero-order valence-corrected chi connectivity index (χ0v) is 13.9. The molecular weight excluding hydrogens is 294 g/mol. The average molecular weight is 317 g/mol. The standard InChI is InChI=1S/C13H23N3O2S2/c1-14-7-12-6-13(10-19-12)20(17,18)16(3)9-11-4-5-15(2)8-11/h6,10-11,14H,4-5,7-9H2,1-3H3. The molecule has 1 N–H and O–H groups in total. The van der Waals surface area contributed by atoms with Crippen LogP contribution < -0.4 is 5.32 Å². The van der Waals surface area contributed by atoms with Gasteiger partial charge in [-0.2, -0.15) is 0 Å². The summed E-state index contributed by atoms with van der Waals surface area (Å²) in [5.41, 5.74) is 0. The lowest BCUT2D eigenvalue weighted by Gasteiger charge is -2.20. The number of hydrogen-bond donors (Lipinski definition) is 1. The van der Waals surface area contributed by atoms with E-state index in [0.29, 0.717) is 23.9 Å². The molecule has 2 rings (SSSR count). The Morgan fingerprint density at radius 3 is 2.90 bits per heavy atom. The van der Waals surface area contributed by atoms with Crippen molar-refractivity contribution in [3.05, 3.63) is 16.3 Å². The van der Waals surface area contributed by atoms with E-state index in [1.165, 1.54) is 15.6 Å². The van der Waals surface area contributed by atoms with Gasteiger partial charge in [-0.05, 0) is 39.0 Å². The maximum absolute atomic E-state index is 12.5. The summed E-state index contributed by atoms with van der Waals surface area (Å²) in [6, 6.07) is 1.77. The van der Waals surface area contributed by atoms with Crippen LogP contribution in [0, 0.1) is 5.92 Å². The molecule has 1 aromatic rings. The van der Waals surface area contributed by atoms with Crippen LogP contribution in [0.25, 0.3) is 0 Å². The molecule has 0 bridgehead atoms. The van der Waals surface area contributed by atoms with E-state index in [1.54, 1.807) is 18.5 Å². The molecule has 0 aromatic carbocycles. The number of hydrogen-bond acceptors (Lipinski definition) is 5. The van der Waals surface area contributed by atoms with Crippen molar-refractivity contribution < 1.29 is 8.42 Å². The van der Waals surface area contributed by atoms with Gasteiger partial charge < -0.3 is 10.2 Å². The van der Waals surface area contributed by atoms with Gasteiger partial charge in [0.25, 0.3) is 0 Å². The average Bonchev–Trinajstić information content (AvgIpc) is 2.99. The molecule has 1 aromatic heterocycles. The highest BCUT2D eigenvalue weighted by molar-refractivity contribution is 7.89. The van der Waals surface area contributed by atoms with Crippen molar-refractivity contribution in [2.75, 3.05) is 40.8 Å². The fraction of sp³-hybridized carbons (Fsp3) is 0.692. The molecule has 1 aliphatic rings. The van der Waals surface area contributed by atoms with Crippen molar-refractivity contribution in [1.29, 1.82) is 0 Å². The monoisotopic (exact) mass is 317 g/mol. The molecule has 5 nitrogen and oxygen atoms in total. The highest BCUT2D eigenvalue weighted by Crippen LogP contribution is 2.24. The van der Waals surface area contributed by atoms with Gasteiger partial charge in [0, 0.05) is 36.9 Å². The first-order valence-electron chi connectivity index (χ1n) is 6.80. The van der Waals surface area contributed by atoms with Gasteiger partial charge in [0.1, 0.15) is 0 Å². The second kappa shape index (κ2) is 6.53. The predicted octanol–water partition coefficient (Wildman–Crippen LogP) is 1.04. The van der Waals surface area contributed by atoms with Crippen LogP contribution >= 0.6 is 11.3 Å². The van der Waals surface area contributed by atoms with Crippen molar-refractivity contribution in [3.8, 4) is 0 Å². The summed E-state index contributed by atoms with van der Waals surface area (Å²) in [7, 11) is 2.28. The van der Waals surface area contributed by atoms with Gasteiger partial charge in [0.15, 0.2) is 0 Å². The fourth-order valence-corrected chi connectivity index (χ4v) is 5.10. The second-order valence-electron chi connectivity index (χ2n) is 5.48. The molecule has 0 spiro atoms. The molecule has 1 aliphatic heterocycles. The van der Waals surface area contributed by atoms with Gasteiger partial charge in [-0.1, -0.05) is 0 Å². The minimum absolute atomic E-state index is 0.418. The zero-order chi connectivity index (χ0) is 14.8. The molecule has 114 valence electrons. The van der Waals surface area contributed by atoms with Crippen molar-refractivity contribution in [2.24, 2.45) is 5.92 Å². The lowest BCUT2D eigenvalue weighted by molar-refractivity contribution is 0.357. The highest BCUT2D eigenvalue weighted by Gasteiger charge is 2.27. The third-order valence-electron chi connectivity index (χ3n) is 3.69. The first-order valence-corrected chi connectivity index (χ1v) is 9.12. The first-order chi connectivity index (χ1) is 9.43. The van der Waals surface area contributed by atoms with E-state index < -0.39 is 10.0 Å². The second-order valence-corrected chi connectivity index (χ2v) is 8.52. The summed E-state index contributed by atoms with van der Waals surface area (Å²) in [6.07, 6.45) is 1.07. The van der Waals surface area contributed by atoms with Crippen molar-refractivity contribution >= 4 is 21.4 Å². The van der Waals surface area contributed by atoms with E-state index in [2.05, 4.69) is 17.3 Å². The molecule has 20 heavy (non-hydrogen) atoms. The van der Waals surface area contributed by atoms with Gasteiger partial charge in [0.05, 0.1) is 4.90 Å². The molecular formula is C13H23N3O2S2. The SMILES string of the molecule is CNCc1cc(S(=O)(=O)N(C)CC2CCN(C)C2)cs1. The molecule has 1 fully saturated rings. The maximum Gasteiger partial charge on any atom is 0.243 e. The Labute approximate surface area is 125 Å². The van der Waals surface area contributed by atoms with Crippen LogP contribution in [0.15, 0.2) is 16.3 Å². The topological polar surface area (TPSA) is 52.7 Å². The summed E-state index contributed by atoms with van der Waals surface area (Å²) in [4.78, 5) is 3.71. The van der Waals surface area contributed by atoms with E-state index >= 15 is 0 Å². The quantitative estimate of drug-likeness (QED) is 0.852. The Morgan fingerprint density at radius 1 is 1.55 bits per heavy atom. The van der Waals surface area contributed by atoms with Crippen LogP contribution in [0.5, 0.6) is 0 Å². The Morgan fingerprint density at radius 2 is 2.30 bits per heavy atom. The fourth-order valence-electron chi connectivity index (χ4n) is 2.58. The van der Waals surface area contributed by atoms with E-state index in [0.717, 1.165) is 24.4 Å². The lowest BCUT2D eigenvalue weighted by Crippen LogP contribution is -2.32. The van der Waals surface area contributed by atoms with Gasteiger partial charge in [-0.3, -0.25) is 0 Å².